The summed E-state index contributed by atoms with van der Waals surface area (Å²) < 4.78 is 37.6. The lowest BCUT2D eigenvalue weighted by atomic mass is 9.92. The summed E-state index contributed by atoms with van der Waals surface area (Å²) in [5.41, 5.74) is 0.106. The van der Waals surface area contributed by atoms with E-state index in [1.54, 1.807) is 0 Å². The van der Waals surface area contributed by atoms with Crippen LogP contribution in [-0.4, -0.2) is 28.8 Å². The Morgan fingerprint density at radius 2 is 1.50 bits per heavy atom. The molecule has 1 aromatic rings. The van der Waals surface area contributed by atoms with Gasteiger partial charge in [0.15, 0.2) is 0 Å². The van der Waals surface area contributed by atoms with Gasteiger partial charge in [-0.1, -0.05) is 39.0 Å². The van der Waals surface area contributed by atoms with E-state index < -0.39 is 30.4 Å². The van der Waals surface area contributed by atoms with E-state index in [0.29, 0.717) is 0 Å². The Morgan fingerprint density at radius 3 is 1.94 bits per heavy atom. The summed E-state index contributed by atoms with van der Waals surface area (Å²) in [5, 5.41) is 18.4. The van der Waals surface area contributed by atoms with Gasteiger partial charge in [-0.2, -0.15) is 0 Å². The molecule has 0 aromatic heterocycles. The Labute approximate surface area is 105 Å². The first kappa shape index (κ1) is 16.9. The van der Waals surface area contributed by atoms with Crippen molar-refractivity contribution < 1.29 is 23.4 Å². The van der Waals surface area contributed by atoms with Crippen LogP contribution in [0.3, 0.4) is 0 Å². The van der Waals surface area contributed by atoms with Gasteiger partial charge in [-0.25, -0.2) is 13.2 Å². The fourth-order valence-electron chi connectivity index (χ4n) is 1.47. The fourth-order valence-corrected chi connectivity index (χ4v) is 1.47. The smallest absolute Gasteiger partial charge is 0.266 e. The van der Waals surface area contributed by atoms with E-state index in [4.69, 9.17) is 5.11 Å². The second-order valence-corrected chi connectivity index (χ2v) is 3.63. The Balaban J connectivity index is 0.00000137. The van der Waals surface area contributed by atoms with Crippen molar-refractivity contribution in [2.45, 2.75) is 45.3 Å². The van der Waals surface area contributed by atoms with Crippen molar-refractivity contribution in [2.24, 2.45) is 0 Å². The van der Waals surface area contributed by atoms with Crippen molar-refractivity contribution in [1.29, 1.82) is 0 Å². The van der Waals surface area contributed by atoms with Crippen LogP contribution in [-0.2, 0) is 0 Å². The first-order chi connectivity index (χ1) is 8.45. The highest BCUT2D eigenvalue weighted by atomic mass is 19.3. The van der Waals surface area contributed by atoms with E-state index in [1.165, 1.54) is 31.2 Å². The molecule has 0 aliphatic heterocycles. The lowest BCUT2D eigenvalue weighted by Crippen LogP contribution is -2.36. The molecular formula is C13H19F3O2. The predicted octanol–water partition coefficient (Wildman–Crippen LogP) is 2.94. The van der Waals surface area contributed by atoms with Gasteiger partial charge in [0.1, 0.15) is 11.9 Å². The number of aliphatic hydroxyl groups excluding tert-OH is 2. The van der Waals surface area contributed by atoms with Crippen LogP contribution in [0.1, 0.15) is 32.3 Å². The molecule has 0 radical (unpaired) electrons. The molecule has 0 fully saturated rings. The van der Waals surface area contributed by atoms with Crippen LogP contribution in [0, 0.1) is 5.82 Å². The number of halogens is 3. The monoisotopic (exact) mass is 264 g/mol. The topological polar surface area (TPSA) is 40.5 Å². The molecule has 2 N–H and O–H groups in total. The standard InChI is InChI=1S/C11H13F3O2.C2H6/c1-6(9(15)10(16)11(13)14)7-4-2-3-5-8(7)12;1-2/h2-6,9-11,15-16H,1H3;1-2H3/t6?,9-,10+;/m1./s1. The lowest BCUT2D eigenvalue weighted by molar-refractivity contribution is -0.0827. The van der Waals surface area contributed by atoms with E-state index >= 15 is 0 Å². The molecule has 0 amide bonds. The van der Waals surface area contributed by atoms with Crippen molar-refractivity contribution >= 4 is 0 Å². The molecule has 2 nitrogen and oxygen atoms in total. The summed E-state index contributed by atoms with van der Waals surface area (Å²) in [6.45, 7) is 5.38. The summed E-state index contributed by atoms with van der Waals surface area (Å²) in [7, 11) is 0. The molecule has 0 bridgehead atoms. The third-order valence-electron chi connectivity index (χ3n) is 2.52. The predicted molar refractivity (Wildman–Crippen MR) is 64.2 cm³/mol. The van der Waals surface area contributed by atoms with Crippen molar-refractivity contribution in [1.82, 2.24) is 0 Å². The van der Waals surface area contributed by atoms with Crippen LogP contribution < -0.4 is 0 Å². The highest BCUT2D eigenvalue weighted by Gasteiger charge is 2.31. The number of benzene rings is 1. The molecule has 0 saturated heterocycles. The maximum atomic E-state index is 13.3. The second kappa shape index (κ2) is 8.11. The second-order valence-electron chi connectivity index (χ2n) is 3.63. The van der Waals surface area contributed by atoms with Gasteiger partial charge in [0, 0.05) is 5.92 Å². The lowest BCUT2D eigenvalue weighted by Gasteiger charge is -2.23. The van der Waals surface area contributed by atoms with Crippen molar-refractivity contribution in [3.63, 3.8) is 0 Å². The average Bonchev–Trinajstić information content (AvgIpc) is 2.39. The number of hydrogen-bond donors (Lipinski definition) is 2. The normalized spacial score (nSPS) is 15.6. The summed E-state index contributed by atoms with van der Waals surface area (Å²) >= 11 is 0. The van der Waals surface area contributed by atoms with Gasteiger partial charge in [-0.05, 0) is 11.6 Å². The van der Waals surface area contributed by atoms with Crippen LogP contribution in [0.5, 0.6) is 0 Å². The van der Waals surface area contributed by atoms with Gasteiger partial charge in [-0.15, -0.1) is 0 Å². The van der Waals surface area contributed by atoms with Crippen LogP contribution >= 0.6 is 0 Å². The quantitative estimate of drug-likeness (QED) is 0.877. The van der Waals surface area contributed by atoms with Crippen LogP contribution in [0.4, 0.5) is 13.2 Å². The first-order valence-corrected chi connectivity index (χ1v) is 5.84. The van der Waals surface area contributed by atoms with E-state index in [9.17, 15) is 18.3 Å². The van der Waals surface area contributed by atoms with Gasteiger partial charge in [-0.3, -0.25) is 0 Å². The molecule has 1 rings (SSSR count). The molecule has 1 aromatic carbocycles. The Hall–Kier alpha value is -1.07. The zero-order valence-corrected chi connectivity index (χ0v) is 10.6. The first-order valence-electron chi connectivity index (χ1n) is 5.84. The SMILES string of the molecule is CC.CC(c1ccccc1F)[C@@H](O)[C@H](O)C(F)F. The molecule has 0 aliphatic carbocycles. The van der Waals surface area contributed by atoms with Gasteiger partial charge in [0.05, 0.1) is 6.10 Å². The highest BCUT2D eigenvalue weighted by Crippen LogP contribution is 2.25. The zero-order chi connectivity index (χ0) is 14.3. The van der Waals surface area contributed by atoms with Gasteiger partial charge < -0.3 is 10.2 Å². The Bertz CT molecular complexity index is 345. The molecule has 3 atom stereocenters. The molecule has 0 saturated carbocycles. The minimum Gasteiger partial charge on any atom is -0.390 e. The van der Waals surface area contributed by atoms with E-state index in [2.05, 4.69) is 0 Å². The summed E-state index contributed by atoms with van der Waals surface area (Å²) in [5.74, 6) is -1.49. The molecule has 0 aliphatic rings. The van der Waals surface area contributed by atoms with Gasteiger partial charge >= 0.3 is 0 Å². The van der Waals surface area contributed by atoms with Crippen molar-refractivity contribution in [3.8, 4) is 0 Å². The number of hydrogen-bond acceptors (Lipinski definition) is 2. The van der Waals surface area contributed by atoms with Gasteiger partial charge in [0.2, 0.25) is 0 Å². The largest absolute Gasteiger partial charge is 0.390 e. The third-order valence-corrected chi connectivity index (χ3v) is 2.52. The minimum atomic E-state index is -3.05. The number of rotatable bonds is 4. The molecule has 1 unspecified atom stereocenters. The summed E-state index contributed by atoms with van der Waals surface area (Å²) in [4.78, 5) is 0. The fraction of sp³-hybridized carbons (Fsp3) is 0.538. The summed E-state index contributed by atoms with van der Waals surface area (Å²) in [6, 6.07) is 5.56. The maximum absolute atomic E-state index is 13.3. The zero-order valence-electron chi connectivity index (χ0n) is 10.6. The number of alkyl halides is 2. The van der Waals surface area contributed by atoms with Crippen molar-refractivity contribution in [2.75, 3.05) is 0 Å². The number of aliphatic hydroxyl groups is 2. The molecule has 18 heavy (non-hydrogen) atoms. The van der Waals surface area contributed by atoms with Crippen LogP contribution in [0.15, 0.2) is 24.3 Å². The van der Waals surface area contributed by atoms with E-state index in [1.807, 2.05) is 13.8 Å². The molecule has 0 spiro atoms. The van der Waals surface area contributed by atoms with E-state index in [-0.39, 0.29) is 5.56 Å². The summed E-state index contributed by atoms with van der Waals surface area (Å²) in [6.07, 6.45) is -6.92. The highest BCUT2D eigenvalue weighted by molar-refractivity contribution is 5.22. The Morgan fingerprint density at radius 1 is 1.00 bits per heavy atom. The van der Waals surface area contributed by atoms with Gasteiger partial charge in [0.25, 0.3) is 6.43 Å². The maximum Gasteiger partial charge on any atom is 0.266 e. The van der Waals surface area contributed by atoms with Crippen LogP contribution in [0.25, 0.3) is 0 Å². The molecule has 5 heteroatoms. The van der Waals surface area contributed by atoms with Crippen molar-refractivity contribution in [3.05, 3.63) is 35.6 Å². The average molecular weight is 264 g/mol. The molecule has 104 valence electrons. The minimum absolute atomic E-state index is 0.106. The Kier molecular flexibility index (Phi) is 7.62. The molecule has 0 heterocycles. The third kappa shape index (κ3) is 4.31. The van der Waals surface area contributed by atoms with E-state index in [0.717, 1.165) is 0 Å². The van der Waals surface area contributed by atoms with Crippen LogP contribution in [0.2, 0.25) is 0 Å². The molecular weight excluding hydrogens is 245 g/mol.